The Labute approximate surface area is 117 Å². The van der Waals surface area contributed by atoms with E-state index in [0.29, 0.717) is 13.1 Å². The van der Waals surface area contributed by atoms with E-state index in [9.17, 15) is 4.79 Å². The summed E-state index contributed by atoms with van der Waals surface area (Å²) in [6.07, 6.45) is 4.28. The van der Waals surface area contributed by atoms with E-state index in [0.717, 1.165) is 37.5 Å². The number of hydrogen-bond donors (Lipinski definition) is 1. The van der Waals surface area contributed by atoms with Crippen molar-refractivity contribution in [2.24, 2.45) is 17.6 Å². The number of hydrogen-bond acceptors (Lipinski definition) is 3. The zero-order chi connectivity index (χ0) is 14.5. The van der Waals surface area contributed by atoms with Crippen molar-refractivity contribution in [2.75, 3.05) is 26.7 Å². The largest absolute Gasteiger partial charge is 0.364 e. The van der Waals surface area contributed by atoms with Gasteiger partial charge in [-0.05, 0) is 44.4 Å². The normalized spacial score (nSPS) is 27.6. The molecule has 0 spiro atoms. The van der Waals surface area contributed by atoms with Crippen molar-refractivity contribution in [1.29, 1.82) is 0 Å². The first-order valence-electron chi connectivity index (χ1n) is 7.52. The maximum Gasteiger partial charge on any atom is 0.248 e. The first-order chi connectivity index (χ1) is 8.94. The molecule has 0 heterocycles. The smallest absolute Gasteiger partial charge is 0.248 e. The number of carbonyl (C=O) groups is 1. The van der Waals surface area contributed by atoms with Crippen LogP contribution >= 0.6 is 0 Å². The predicted molar refractivity (Wildman–Crippen MR) is 77.8 cm³/mol. The van der Waals surface area contributed by atoms with Gasteiger partial charge in [0, 0.05) is 20.1 Å². The van der Waals surface area contributed by atoms with Gasteiger partial charge in [-0.15, -0.1) is 0 Å². The molecule has 0 aliphatic heterocycles. The summed E-state index contributed by atoms with van der Waals surface area (Å²) in [4.78, 5) is 13.5. The van der Waals surface area contributed by atoms with Gasteiger partial charge >= 0.3 is 0 Å². The summed E-state index contributed by atoms with van der Waals surface area (Å²) in [5, 5.41) is 0. The van der Waals surface area contributed by atoms with Crippen LogP contribution in [0.25, 0.3) is 0 Å². The minimum Gasteiger partial charge on any atom is -0.364 e. The Hall–Kier alpha value is -0.610. The standard InChI is InChI=1S/C15H30N2O2/c1-5-17(4)14(18)10-19-15(11-16)8-6-13(7-9-15)12(2)3/h12-13H,5-11,16H2,1-4H3. The highest BCUT2D eigenvalue weighted by Crippen LogP contribution is 2.37. The molecule has 112 valence electrons. The average molecular weight is 270 g/mol. The molecule has 2 N–H and O–H groups in total. The fourth-order valence-corrected chi connectivity index (χ4v) is 2.74. The number of carbonyl (C=O) groups excluding carboxylic acids is 1. The van der Waals surface area contributed by atoms with Crippen LogP contribution in [0.2, 0.25) is 0 Å². The van der Waals surface area contributed by atoms with E-state index < -0.39 is 0 Å². The lowest BCUT2D eigenvalue weighted by atomic mass is 9.74. The Kier molecular flexibility index (Phi) is 6.27. The van der Waals surface area contributed by atoms with Gasteiger partial charge in [0.2, 0.25) is 5.91 Å². The minimum atomic E-state index is -0.268. The number of nitrogens with two attached hydrogens (primary N) is 1. The van der Waals surface area contributed by atoms with Crippen LogP contribution < -0.4 is 5.73 Å². The van der Waals surface area contributed by atoms with Gasteiger partial charge in [-0.2, -0.15) is 0 Å². The number of amides is 1. The summed E-state index contributed by atoms with van der Waals surface area (Å²) in [5.41, 5.74) is 5.64. The molecule has 1 amide bonds. The molecule has 1 aliphatic carbocycles. The van der Waals surface area contributed by atoms with Crippen LogP contribution in [0.4, 0.5) is 0 Å². The van der Waals surface area contributed by atoms with Crippen molar-refractivity contribution >= 4 is 5.91 Å². The van der Waals surface area contributed by atoms with E-state index in [2.05, 4.69) is 13.8 Å². The highest BCUT2D eigenvalue weighted by molar-refractivity contribution is 5.77. The van der Waals surface area contributed by atoms with Gasteiger partial charge in [0.05, 0.1) is 5.60 Å². The third-order valence-corrected chi connectivity index (χ3v) is 4.66. The van der Waals surface area contributed by atoms with E-state index in [1.165, 1.54) is 0 Å². The van der Waals surface area contributed by atoms with Crippen molar-refractivity contribution < 1.29 is 9.53 Å². The Morgan fingerprint density at radius 1 is 1.42 bits per heavy atom. The molecule has 0 aromatic carbocycles. The molecule has 0 atom stereocenters. The van der Waals surface area contributed by atoms with E-state index in [1.54, 1.807) is 11.9 Å². The van der Waals surface area contributed by atoms with Gasteiger partial charge in [-0.25, -0.2) is 0 Å². The van der Waals surface area contributed by atoms with Crippen molar-refractivity contribution in [3.63, 3.8) is 0 Å². The van der Waals surface area contributed by atoms with Gasteiger partial charge in [-0.3, -0.25) is 4.79 Å². The second-order valence-corrected chi connectivity index (χ2v) is 6.17. The molecule has 1 fully saturated rings. The second kappa shape index (κ2) is 7.25. The third-order valence-electron chi connectivity index (χ3n) is 4.66. The number of nitrogens with zero attached hydrogens (tertiary/aromatic N) is 1. The molecule has 1 aliphatic rings. The van der Waals surface area contributed by atoms with Crippen LogP contribution in [0.3, 0.4) is 0 Å². The summed E-state index contributed by atoms with van der Waals surface area (Å²) >= 11 is 0. The van der Waals surface area contributed by atoms with Crippen LogP contribution in [0.15, 0.2) is 0 Å². The molecule has 0 aromatic rings. The molecule has 0 bridgehead atoms. The van der Waals surface area contributed by atoms with Crippen LogP contribution in [-0.2, 0) is 9.53 Å². The van der Waals surface area contributed by atoms with Crippen molar-refractivity contribution in [3.05, 3.63) is 0 Å². The first-order valence-corrected chi connectivity index (χ1v) is 7.52. The van der Waals surface area contributed by atoms with Crippen LogP contribution in [-0.4, -0.2) is 43.2 Å². The van der Waals surface area contributed by atoms with Gasteiger partial charge < -0.3 is 15.4 Å². The monoisotopic (exact) mass is 270 g/mol. The van der Waals surface area contributed by atoms with Crippen molar-refractivity contribution in [3.8, 4) is 0 Å². The summed E-state index contributed by atoms with van der Waals surface area (Å²) in [5.74, 6) is 1.54. The maximum absolute atomic E-state index is 11.8. The lowest BCUT2D eigenvalue weighted by Gasteiger charge is -2.40. The fraction of sp³-hybridized carbons (Fsp3) is 0.933. The zero-order valence-corrected chi connectivity index (χ0v) is 12.9. The molecular formula is C15H30N2O2. The molecule has 1 saturated carbocycles. The summed E-state index contributed by atoms with van der Waals surface area (Å²) in [6.45, 7) is 7.91. The summed E-state index contributed by atoms with van der Waals surface area (Å²) < 4.78 is 5.92. The maximum atomic E-state index is 11.8. The quantitative estimate of drug-likeness (QED) is 0.803. The molecule has 4 nitrogen and oxygen atoms in total. The lowest BCUT2D eigenvalue weighted by Crippen LogP contribution is -2.46. The number of likely N-dealkylation sites (N-methyl/N-ethyl adjacent to an activating group) is 1. The minimum absolute atomic E-state index is 0.0429. The molecule has 0 radical (unpaired) electrons. The van der Waals surface area contributed by atoms with Crippen LogP contribution in [0.1, 0.15) is 46.5 Å². The molecule has 0 unspecified atom stereocenters. The molecule has 1 rings (SSSR count). The fourth-order valence-electron chi connectivity index (χ4n) is 2.74. The van der Waals surface area contributed by atoms with Crippen LogP contribution in [0, 0.1) is 11.8 Å². The second-order valence-electron chi connectivity index (χ2n) is 6.17. The Morgan fingerprint density at radius 3 is 2.42 bits per heavy atom. The lowest BCUT2D eigenvalue weighted by molar-refractivity contribution is -0.145. The van der Waals surface area contributed by atoms with E-state index in [4.69, 9.17) is 10.5 Å². The van der Waals surface area contributed by atoms with Crippen molar-refractivity contribution in [1.82, 2.24) is 4.90 Å². The molecule has 4 heteroatoms. The topological polar surface area (TPSA) is 55.6 Å². The molecular weight excluding hydrogens is 240 g/mol. The predicted octanol–water partition coefficient (Wildman–Crippen LogP) is 2.02. The van der Waals surface area contributed by atoms with Gasteiger partial charge in [0.25, 0.3) is 0 Å². The van der Waals surface area contributed by atoms with E-state index >= 15 is 0 Å². The Bertz CT molecular complexity index is 284. The Morgan fingerprint density at radius 2 is 2.00 bits per heavy atom. The van der Waals surface area contributed by atoms with Gasteiger partial charge in [0.15, 0.2) is 0 Å². The SMILES string of the molecule is CCN(C)C(=O)COC1(CN)CCC(C(C)C)CC1. The van der Waals surface area contributed by atoms with Crippen LogP contribution in [0.5, 0.6) is 0 Å². The van der Waals surface area contributed by atoms with Gasteiger partial charge in [0.1, 0.15) is 6.61 Å². The highest BCUT2D eigenvalue weighted by Gasteiger charge is 2.36. The third kappa shape index (κ3) is 4.46. The first kappa shape index (κ1) is 16.4. The molecule has 0 aromatic heterocycles. The van der Waals surface area contributed by atoms with Gasteiger partial charge in [-0.1, -0.05) is 13.8 Å². The Balaban J connectivity index is 2.47. The summed E-state index contributed by atoms with van der Waals surface area (Å²) in [7, 11) is 1.80. The molecule has 0 saturated heterocycles. The summed E-state index contributed by atoms with van der Waals surface area (Å²) in [6, 6.07) is 0. The van der Waals surface area contributed by atoms with E-state index in [1.807, 2.05) is 6.92 Å². The molecule has 19 heavy (non-hydrogen) atoms. The zero-order valence-electron chi connectivity index (χ0n) is 12.9. The average Bonchev–Trinajstić information content (AvgIpc) is 2.44. The number of rotatable bonds is 6. The number of ether oxygens (including phenoxy) is 1. The highest BCUT2D eigenvalue weighted by atomic mass is 16.5. The van der Waals surface area contributed by atoms with Crippen molar-refractivity contribution in [2.45, 2.75) is 52.1 Å². The van der Waals surface area contributed by atoms with E-state index in [-0.39, 0.29) is 18.1 Å².